The van der Waals surface area contributed by atoms with E-state index in [0.717, 1.165) is 30.9 Å². The van der Waals surface area contributed by atoms with Gasteiger partial charge in [0.15, 0.2) is 15.5 Å². The lowest BCUT2D eigenvalue weighted by Crippen LogP contribution is -2.16. The van der Waals surface area contributed by atoms with Gasteiger partial charge in [-0.1, -0.05) is 13.8 Å². The highest BCUT2D eigenvalue weighted by atomic mass is 32.2. The van der Waals surface area contributed by atoms with Crippen LogP contribution in [0.5, 0.6) is 0 Å². The molecule has 1 aromatic heterocycles. The maximum absolute atomic E-state index is 12.5. The summed E-state index contributed by atoms with van der Waals surface area (Å²) in [5.41, 5.74) is 0.869. The topological polar surface area (TPSA) is 118 Å². The van der Waals surface area contributed by atoms with Crippen LogP contribution in [0.25, 0.3) is 0 Å². The molecule has 1 heterocycles. The first-order valence-electron chi connectivity index (χ1n) is 8.52. The van der Waals surface area contributed by atoms with Gasteiger partial charge in [-0.3, -0.25) is 9.48 Å². The average molecular weight is 393 g/mol. The molecule has 2 aromatic rings. The van der Waals surface area contributed by atoms with Gasteiger partial charge in [0.1, 0.15) is 0 Å². The fraction of sp³-hybridized carbons (Fsp3) is 0.389. The molecule has 1 aromatic carbocycles. The Labute approximate surface area is 158 Å². The lowest BCUT2D eigenvalue weighted by molar-refractivity contribution is 0.0696. The van der Waals surface area contributed by atoms with Gasteiger partial charge in [-0.15, -0.1) is 0 Å². The van der Waals surface area contributed by atoms with E-state index in [1.54, 1.807) is 10.7 Å². The number of hydrogen-bond donors (Lipinski definition) is 2. The van der Waals surface area contributed by atoms with Gasteiger partial charge < -0.3 is 10.4 Å². The number of nitrogens with one attached hydrogen (secondary N) is 1. The Morgan fingerprint density at radius 3 is 2.33 bits per heavy atom. The molecule has 0 aliphatic rings. The Bertz CT molecular complexity index is 975. The van der Waals surface area contributed by atoms with Crippen molar-refractivity contribution in [1.82, 2.24) is 9.78 Å². The summed E-state index contributed by atoms with van der Waals surface area (Å²) in [7, 11) is -3.64. The van der Waals surface area contributed by atoms with Crippen LogP contribution in [0.2, 0.25) is 0 Å². The van der Waals surface area contributed by atoms with E-state index < -0.39 is 21.7 Å². The van der Waals surface area contributed by atoms with Crippen LogP contribution in [0.4, 0.5) is 5.69 Å². The summed E-state index contributed by atoms with van der Waals surface area (Å²) in [4.78, 5) is 23.6. The first kappa shape index (κ1) is 20.6. The minimum absolute atomic E-state index is 0.0788. The second-order valence-electron chi connectivity index (χ2n) is 6.36. The Hall–Kier alpha value is -2.68. The molecule has 0 aliphatic heterocycles. The Balaban J connectivity index is 2.37. The van der Waals surface area contributed by atoms with Crippen molar-refractivity contribution >= 4 is 27.4 Å². The van der Waals surface area contributed by atoms with Crippen molar-refractivity contribution < 1.29 is 23.1 Å². The quantitative estimate of drug-likeness (QED) is 0.747. The van der Waals surface area contributed by atoms with Gasteiger partial charge in [0, 0.05) is 17.6 Å². The first-order chi connectivity index (χ1) is 12.6. The lowest BCUT2D eigenvalue weighted by atomic mass is 10.2. The first-order valence-corrected chi connectivity index (χ1v) is 10.4. The molecular weight excluding hydrogens is 370 g/mol. The second kappa shape index (κ2) is 7.91. The van der Waals surface area contributed by atoms with Crippen LogP contribution in [0, 0.1) is 6.92 Å². The van der Waals surface area contributed by atoms with Crippen molar-refractivity contribution in [3.05, 3.63) is 41.2 Å². The molecule has 27 heavy (non-hydrogen) atoms. The molecule has 0 saturated heterocycles. The zero-order chi connectivity index (χ0) is 20.4. The zero-order valence-electron chi connectivity index (χ0n) is 15.7. The second-order valence-corrected chi connectivity index (χ2v) is 8.38. The molecule has 0 fully saturated rings. The molecule has 1 amide bonds. The number of carbonyl (C=O) groups excluding carboxylic acids is 1. The number of aromatic carboxylic acids is 1. The third-order valence-electron chi connectivity index (χ3n) is 4.28. The number of anilines is 1. The van der Waals surface area contributed by atoms with Crippen LogP contribution < -0.4 is 5.32 Å². The monoisotopic (exact) mass is 393 g/mol. The summed E-state index contributed by atoms with van der Waals surface area (Å²) < 4.78 is 25.4. The number of aromatic nitrogens is 2. The van der Waals surface area contributed by atoms with Crippen LogP contribution in [-0.4, -0.2) is 41.4 Å². The van der Waals surface area contributed by atoms with E-state index in [9.17, 15) is 23.1 Å². The van der Waals surface area contributed by atoms with Crippen molar-refractivity contribution in [1.29, 1.82) is 0 Å². The predicted molar refractivity (Wildman–Crippen MR) is 101 cm³/mol. The third-order valence-corrected chi connectivity index (χ3v) is 5.37. The summed E-state index contributed by atoms with van der Waals surface area (Å²) in [6, 6.07) is 5.31. The van der Waals surface area contributed by atoms with Crippen molar-refractivity contribution in [2.24, 2.45) is 0 Å². The molecule has 2 rings (SSSR count). The molecule has 0 bridgehead atoms. The van der Waals surface area contributed by atoms with Crippen molar-refractivity contribution in [3.8, 4) is 0 Å². The van der Waals surface area contributed by atoms with Gasteiger partial charge in [-0.2, -0.15) is 5.10 Å². The molecule has 146 valence electrons. The highest BCUT2D eigenvalue weighted by Crippen LogP contribution is 2.21. The lowest BCUT2D eigenvalue weighted by Gasteiger charge is -2.14. The van der Waals surface area contributed by atoms with E-state index in [0.29, 0.717) is 0 Å². The number of rotatable bonds is 7. The number of hydrogen-bond acceptors (Lipinski definition) is 5. The SMILES string of the molecule is CCC(CC)n1nc(C(=O)Nc2cc(C(=O)O)cc(S(C)(=O)=O)c2)cc1C. The van der Waals surface area contributed by atoms with E-state index in [4.69, 9.17) is 0 Å². The molecular formula is C18H23N3O5S. The summed E-state index contributed by atoms with van der Waals surface area (Å²) in [6.45, 7) is 5.94. The van der Waals surface area contributed by atoms with Gasteiger partial charge in [-0.25, -0.2) is 13.2 Å². The van der Waals surface area contributed by atoms with E-state index in [1.807, 2.05) is 20.8 Å². The third kappa shape index (κ3) is 4.73. The summed E-state index contributed by atoms with van der Waals surface area (Å²) in [5.74, 6) is -1.82. The van der Waals surface area contributed by atoms with E-state index in [-0.39, 0.29) is 27.9 Å². The Kier molecular flexibility index (Phi) is 6.04. The molecule has 0 unspecified atom stereocenters. The number of nitrogens with zero attached hydrogens (tertiary/aromatic N) is 2. The predicted octanol–water partition coefficient (Wildman–Crippen LogP) is 2.91. The van der Waals surface area contributed by atoms with E-state index in [2.05, 4.69) is 10.4 Å². The van der Waals surface area contributed by atoms with E-state index >= 15 is 0 Å². The van der Waals surface area contributed by atoms with Gasteiger partial charge in [0.25, 0.3) is 5.91 Å². The van der Waals surface area contributed by atoms with Gasteiger partial charge in [0.2, 0.25) is 0 Å². The molecule has 9 heteroatoms. The number of carboxylic acids is 1. The fourth-order valence-corrected chi connectivity index (χ4v) is 3.49. The molecule has 0 spiro atoms. The summed E-state index contributed by atoms with van der Waals surface area (Å²) in [5, 5.41) is 16.1. The van der Waals surface area contributed by atoms with Crippen LogP contribution in [0.1, 0.15) is 59.3 Å². The molecule has 0 atom stereocenters. The van der Waals surface area contributed by atoms with Crippen molar-refractivity contribution in [3.63, 3.8) is 0 Å². The van der Waals surface area contributed by atoms with Gasteiger partial charge >= 0.3 is 5.97 Å². The number of carboxylic acid groups (broad SMARTS) is 1. The van der Waals surface area contributed by atoms with Crippen molar-refractivity contribution in [2.45, 2.75) is 44.6 Å². The highest BCUT2D eigenvalue weighted by molar-refractivity contribution is 7.90. The van der Waals surface area contributed by atoms with Crippen LogP contribution >= 0.6 is 0 Å². The molecule has 0 radical (unpaired) electrons. The standard InChI is InChI=1S/C18H23N3O5S/c1-5-14(6-2)21-11(3)7-16(20-21)17(22)19-13-8-12(18(23)24)9-15(10-13)27(4,25)26/h7-10,14H,5-6H2,1-4H3,(H,19,22)(H,23,24). The summed E-state index contributed by atoms with van der Waals surface area (Å²) in [6.07, 6.45) is 2.72. The van der Waals surface area contributed by atoms with Crippen LogP contribution in [-0.2, 0) is 9.84 Å². The largest absolute Gasteiger partial charge is 0.478 e. The van der Waals surface area contributed by atoms with Crippen LogP contribution in [0.3, 0.4) is 0 Å². The molecule has 2 N–H and O–H groups in total. The maximum Gasteiger partial charge on any atom is 0.335 e. The average Bonchev–Trinajstić information content (AvgIpc) is 2.97. The molecule has 0 saturated carbocycles. The Morgan fingerprint density at radius 1 is 1.19 bits per heavy atom. The summed E-state index contributed by atoms with van der Waals surface area (Å²) >= 11 is 0. The number of sulfone groups is 1. The van der Waals surface area contributed by atoms with Crippen molar-refractivity contribution in [2.75, 3.05) is 11.6 Å². The smallest absolute Gasteiger partial charge is 0.335 e. The zero-order valence-corrected chi connectivity index (χ0v) is 16.5. The molecule has 0 aliphatic carbocycles. The van der Waals surface area contributed by atoms with E-state index in [1.165, 1.54) is 12.1 Å². The fourth-order valence-electron chi connectivity index (χ4n) is 2.81. The Morgan fingerprint density at radius 2 is 1.81 bits per heavy atom. The highest BCUT2D eigenvalue weighted by Gasteiger charge is 2.19. The maximum atomic E-state index is 12.5. The minimum atomic E-state index is -3.64. The number of amides is 1. The number of carbonyl (C=O) groups is 2. The van der Waals surface area contributed by atoms with Gasteiger partial charge in [0.05, 0.1) is 16.5 Å². The number of aryl methyl sites for hydroxylation is 1. The number of benzene rings is 1. The normalized spacial score (nSPS) is 11.6. The van der Waals surface area contributed by atoms with Gasteiger partial charge in [-0.05, 0) is 44.0 Å². The molecule has 8 nitrogen and oxygen atoms in total. The minimum Gasteiger partial charge on any atom is -0.478 e. The van der Waals surface area contributed by atoms with Crippen LogP contribution in [0.15, 0.2) is 29.2 Å².